The van der Waals surface area contributed by atoms with Crippen LogP contribution < -0.4 is 20.3 Å². The molecule has 9 rings (SSSR count). The second-order valence-corrected chi connectivity index (χ2v) is 29.5. The van der Waals surface area contributed by atoms with Gasteiger partial charge in [0.25, 0.3) is 25.8 Å². The largest absolute Gasteiger partial charge is 0.501 e. The molecule has 0 saturated carbocycles. The van der Waals surface area contributed by atoms with Crippen LogP contribution in [0.25, 0.3) is 5.57 Å². The van der Waals surface area contributed by atoms with Gasteiger partial charge >= 0.3 is 5.51 Å². The highest BCUT2D eigenvalue weighted by Crippen LogP contribution is 2.44. The molecule has 4 aromatic rings. The molecule has 82 heavy (non-hydrogen) atoms. The van der Waals surface area contributed by atoms with Gasteiger partial charge in [-0.15, -0.1) is 24.2 Å². The van der Waals surface area contributed by atoms with Crippen molar-refractivity contribution >= 4 is 88.5 Å². The van der Waals surface area contributed by atoms with Crippen LogP contribution in [-0.2, 0) is 34.6 Å². The zero-order valence-corrected chi connectivity index (χ0v) is 51.0. The third-order valence-corrected chi connectivity index (χ3v) is 23.0. The summed E-state index contributed by atoms with van der Waals surface area (Å²) in [6, 6.07) is 25.7. The van der Waals surface area contributed by atoms with Crippen LogP contribution in [-0.4, -0.2) is 184 Å². The third-order valence-electron chi connectivity index (χ3n) is 16.3. The van der Waals surface area contributed by atoms with Crippen molar-refractivity contribution in [1.29, 1.82) is 0 Å². The molecular formula is C57H75Cl2F3N8O8S4. The lowest BCUT2D eigenvalue weighted by Gasteiger charge is -2.44. The standard InChI is InChI=1S/C57H74ClF3N8O8S4.ClH/c1-56(42-67-29-33-69(34-30-67)81(75,76)50-19-23-62-24-20-50)22-18-52(43-8-12-46(58)13-9-43)45(39-56)40-66-27-31-68(32-28-66)48-14-10-44(11-15-48)55(70)64-80(73,74)51-16-17-53(54(38-51)79(71,72)57(59,60)61)63-47(41-78-49-6-3-2-4-7-49)21-26-65-25-5-36-77-37-35-65;/h2-4,6-17,38,47,50,62-63H,5,18-37,39-42H2,1H3,(H,64,70);1H/t47?,56-;/m1./s1. The molecule has 1 aliphatic carbocycles. The molecule has 4 fully saturated rings. The summed E-state index contributed by atoms with van der Waals surface area (Å²) in [7, 11) is -14.3. The van der Waals surface area contributed by atoms with Crippen molar-refractivity contribution in [2.75, 3.05) is 127 Å². The Hall–Kier alpha value is -3.98. The van der Waals surface area contributed by atoms with E-state index in [2.05, 4.69) is 49.3 Å². The highest BCUT2D eigenvalue weighted by atomic mass is 35.5. The van der Waals surface area contributed by atoms with Crippen molar-refractivity contribution in [2.24, 2.45) is 5.41 Å². The number of rotatable bonds is 20. The predicted molar refractivity (Wildman–Crippen MR) is 321 cm³/mol. The smallest absolute Gasteiger partial charge is 0.380 e. The average Bonchev–Trinajstić information content (AvgIpc) is 3.76. The fourth-order valence-electron chi connectivity index (χ4n) is 11.7. The Balaban J connectivity index is 0.00000880. The lowest BCUT2D eigenvalue weighted by molar-refractivity contribution is -0.0436. The summed E-state index contributed by atoms with van der Waals surface area (Å²) < 4.78 is 133. The topological polar surface area (TPSA) is 181 Å². The Kier molecular flexibility index (Phi) is 21.9. The minimum atomic E-state index is -6.09. The van der Waals surface area contributed by atoms with Crippen molar-refractivity contribution < 1.29 is 48.0 Å². The van der Waals surface area contributed by atoms with E-state index in [0.717, 1.165) is 99.8 Å². The number of sulfone groups is 1. The lowest BCUT2D eigenvalue weighted by atomic mass is 9.71. The number of hydrogen-bond acceptors (Lipinski definition) is 15. The first-order chi connectivity index (χ1) is 38.7. The molecule has 16 nitrogen and oxygen atoms in total. The molecule has 0 radical (unpaired) electrons. The van der Waals surface area contributed by atoms with E-state index in [1.807, 2.05) is 47.2 Å². The predicted octanol–water partition coefficient (Wildman–Crippen LogP) is 8.32. The number of hydrogen-bond donors (Lipinski definition) is 3. The van der Waals surface area contributed by atoms with Crippen LogP contribution in [0.5, 0.6) is 0 Å². The van der Waals surface area contributed by atoms with Crippen molar-refractivity contribution in [3.8, 4) is 0 Å². The third kappa shape index (κ3) is 16.3. The van der Waals surface area contributed by atoms with Gasteiger partial charge < -0.3 is 30.1 Å². The number of carbonyl (C=O) groups excluding carboxylic acids is 1. The number of halogens is 5. The molecule has 5 aliphatic rings. The first-order valence-corrected chi connectivity index (χ1v) is 33.7. The summed E-state index contributed by atoms with van der Waals surface area (Å²) in [6.07, 6.45) is 5.37. The molecule has 0 spiro atoms. The fourth-order valence-corrected chi connectivity index (χ4v) is 16.8. The number of thioether (sulfide) groups is 1. The Morgan fingerprint density at radius 3 is 2.18 bits per heavy atom. The van der Waals surface area contributed by atoms with Gasteiger partial charge in [-0.1, -0.05) is 54.4 Å². The summed E-state index contributed by atoms with van der Waals surface area (Å²) in [4.78, 5) is 21.6. The fraction of sp³-hybridized carbons (Fsp3) is 0.526. The molecule has 0 bridgehead atoms. The zero-order chi connectivity index (χ0) is 57.4. The molecule has 4 saturated heterocycles. The minimum Gasteiger partial charge on any atom is -0.380 e. The van der Waals surface area contributed by atoms with Crippen LogP contribution in [0.2, 0.25) is 5.02 Å². The first-order valence-electron chi connectivity index (χ1n) is 27.9. The maximum atomic E-state index is 14.3. The van der Waals surface area contributed by atoms with E-state index in [9.17, 15) is 43.2 Å². The molecule has 450 valence electrons. The van der Waals surface area contributed by atoms with Gasteiger partial charge in [0.15, 0.2) is 0 Å². The van der Waals surface area contributed by atoms with Crippen molar-refractivity contribution in [3.05, 3.63) is 119 Å². The number of anilines is 2. The van der Waals surface area contributed by atoms with E-state index < -0.39 is 62.8 Å². The first kappa shape index (κ1) is 64.0. The Bertz CT molecular complexity index is 3160. The highest BCUT2D eigenvalue weighted by molar-refractivity contribution is 7.99. The van der Waals surface area contributed by atoms with Crippen molar-refractivity contribution in [2.45, 2.75) is 83.4 Å². The molecular weight excluding hydrogens is 1180 g/mol. The van der Waals surface area contributed by atoms with E-state index in [4.69, 9.17) is 16.3 Å². The van der Waals surface area contributed by atoms with Crippen LogP contribution in [0, 0.1) is 5.41 Å². The van der Waals surface area contributed by atoms with E-state index in [-0.39, 0.29) is 28.6 Å². The maximum absolute atomic E-state index is 14.3. The molecule has 2 atom stereocenters. The number of nitrogens with one attached hydrogen (secondary N) is 3. The van der Waals surface area contributed by atoms with Crippen LogP contribution in [0.1, 0.15) is 67.8 Å². The number of sulfonamides is 2. The summed E-state index contributed by atoms with van der Waals surface area (Å²) in [6.45, 7) is 13.9. The highest BCUT2D eigenvalue weighted by Gasteiger charge is 2.49. The summed E-state index contributed by atoms with van der Waals surface area (Å²) in [5, 5.41) is 6.66. The van der Waals surface area contributed by atoms with Gasteiger partial charge in [-0.25, -0.2) is 30.0 Å². The van der Waals surface area contributed by atoms with Gasteiger partial charge in [-0.05, 0) is 141 Å². The molecule has 4 aliphatic heterocycles. The number of nitrogens with zero attached hydrogens (tertiary/aromatic N) is 5. The Labute approximate surface area is 497 Å². The number of ether oxygens (including phenoxy) is 1. The normalized spacial score (nSPS) is 21.4. The van der Waals surface area contributed by atoms with Crippen LogP contribution in [0.4, 0.5) is 24.5 Å². The van der Waals surface area contributed by atoms with E-state index >= 15 is 0 Å². The number of alkyl halides is 3. The average molecular weight is 1260 g/mol. The Morgan fingerprint density at radius 1 is 0.817 bits per heavy atom. The molecule has 0 aromatic heterocycles. The monoisotopic (exact) mass is 1250 g/mol. The zero-order valence-electron chi connectivity index (χ0n) is 46.1. The lowest BCUT2D eigenvalue weighted by Crippen LogP contribution is -2.54. The molecule has 1 unspecified atom stereocenters. The van der Waals surface area contributed by atoms with E-state index in [0.29, 0.717) is 102 Å². The van der Waals surface area contributed by atoms with Gasteiger partial charge in [0.1, 0.15) is 4.90 Å². The van der Waals surface area contributed by atoms with Crippen LogP contribution in [0.3, 0.4) is 0 Å². The van der Waals surface area contributed by atoms with Gasteiger partial charge in [0.2, 0.25) is 10.0 Å². The Morgan fingerprint density at radius 2 is 1.50 bits per heavy atom. The maximum Gasteiger partial charge on any atom is 0.501 e. The summed E-state index contributed by atoms with van der Waals surface area (Å²) in [5.74, 6) is -0.688. The van der Waals surface area contributed by atoms with Crippen LogP contribution in [0.15, 0.2) is 117 Å². The summed E-state index contributed by atoms with van der Waals surface area (Å²) in [5.41, 5.74) is -1.51. The second kappa shape index (κ2) is 28.0. The number of amides is 1. The van der Waals surface area contributed by atoms with E-state index in [1.165, 1.54) is 35.0 Å². The van der Waals surface area contributed by atoms with E-state index in [1.54, 1.807) is 16.4 Å². The molecule has 1 amide bonds. The number of allylic oxidation sites excluding steroid dienone is 1. The summed E-state index contributed by atoms with van der Waals surface area (Å²) >= 11 is 7.78. The van der Waals surface area contributed by atoms with Gasteiger partial charge in [0.05, 0.1) is 22.4 Å². The quantitative estimate of drug-likeness (QED) is 0.0719. The van der Waals surface area contributed by atoms with Gasteiger partial charge in [0, 0.05) is 125 Å². The number of piperazine rings is 2. The number of piperidine rings is 1. The van der Waals surface area contributed by atoms with Crippen molar-refractivity contribution in [3.63, 3.8) is 0 Å². The van der Waals surface area contributed by atoms with Crippen LogP contribution >= 0.6 is 35.8 Å². The molecule has 4 aromatic carbocycles. The molecule has 3 N–H and O–H groups in total. The minimum absolute atomic E-state index is 0. The second-order valence-electron chi connectivity index (χ2n) is 22.2. The SMILES string of the molecule is C[C@@]1(CN2CCN(S(=O)(=O)C3CCNCC3)CC2)CCC(c2ccc(Cl)cc2)=C(CN2CCN(c3ccc(C(=O)NS(=O)(=O)c4ccc(NC(CCN5CCCOCC5)CSc5ccccc5)c(S(=O)(=O)C(F)(F)F)c4)cc3)CC2)C1.Cl. The van der Waals surface area contributed by atoms with Gasteiger partial charge in [-0.2, -0.15) is 17.5 Å². The number of benzene rings is 4. The number of carbonyl (C=O) groups is 1. The molecule has 4 heterocycles. The van der Waals surface area contributed by atoms with Gasteiger partial charge in [-0.3, -0.25) is 9.69 Å². The molecule has 25 heteroatoms. The van der Waals surface area contributed by atoms with Crippen molar-refractivity contribution in [1.82, 2.24) is 29.0 Å².